The molecule has 7 atom stereocenters. The van der Waals surface area contributed by atoms with E-state index in [0.717, 1.165) is 12.8 Å². The van der Waals surface area contributed by atoms with Crippen LogP contribution in [0.25, 0.3) is 33.5 Å². The summed E-state index contributed by atoms with van der Waals surface area (Å²) >= 11 is 0. The van der Waals surface area contributed by atoms with Crippen molar-refractivity contribution in [1.82, 2.24) is 10.2 Å². The fraction of sp³-hybridized carbons (Fsp3) is 0.200. The van der Waals surface area contributed by atoms with Gasteiger partial charge < -0.3 is 10.2 Å². The molecule has 2 nitrogen and oxygen atoms in total. The Kier molecular flexibility index (Phi) is 10.9. The number of dihydropyridines is 1. The number of hydrogen-bond donors (Lipinski definition) is 1. The van der Waals surface area contributed by atoms with Crippen molar-refractivity contribution in [2.45, 2.75) is 56.8 Å². The predicted octanol–water partition coefficient (Wildman–Crippen LogP) is 12.2. The van der Waals surface area contributed by atoms with Gasteiger partial charge in [0.1, 0.15) is 8.80 Å². The number of nitrogens with one attached hydrogen (secondary N) is 1. The molecule has 0 radical (unpaired) electrons. The summed E-state index contributed by atoms with van der Waals surface area (Å²) in [5.74, 6) is 1.26. The number of benzene rings is 5. The normalized spacial score (nSPS) is 25.2. The van der Waals surface area contributed by atoms with Crippen molar-refractivity contribution in [3.63, 3.8) is 0 Å². The van der Waals surface area contributed by atoms with Crippen LogP contribution in [0.2, 0.25) is 6.55 Å². The molecule has 0 bridgehead atoms. The SMILES string of the molecule is C[Si@H](c1ccccc1)c1c(C2=CC=C(N3C4C=CC=CC4C4C=C(c5ccccc5C5=CC(c6ccccc6)=CC(C6C=CCCC6)N5)C=CC43)CC2)cccc1-c1ccccc1. The van der Waals surface area contributed by atoms with Crippen molar-refractivity contribution in [3.8, 4) is 11.1 Å². The van der Waals surface area contributed by atoms with Crippen LogP contribution in [0.3, 0.4) is 0 Å². The van der Waals surface area contributed by atoms with Crippen molar-refractivity contribution >= 4 is 41.6 Å². The molecular formula is C60H56N2Si. The van der Waals surface area contributed by atoms with Crippen LogP contribution in [-0.4, -0.2) is 31.8 Å². The maximum atomic E-state index is 4.05. The van der Waals surface area contributed by atoms with Crippen LogP contribution in [-0.2, 0) is 0 Å². The third-order valence-electron chi connectivity index (χ3n) is 14.6. The van der Waals surface area contributed by atoms with Crippen LogP contribution < -0.4 is 15.7 Å². The average molecular weight is 833 g/mol. The first kappa shape index (κ1) is 39.4. The van der Waals surface area contributed by atoms with E-state index in [2.05, 4.69) is 229 Å². The lowest BCUT2D eigenvalue weighted by atomic mass is 9.79. The Morgan fingerprint density at radius 3 is 2.05 bits per heavy atom. The zero-order chi connectivity index (χ0) is 42.1. The molecule has 0 amide bonds. The van der Waals surface area contributed by atoms with Gasteiger partial charge >= 0.3 is 0 Å². The molecule has 5 aromatic rings. The van der Waals surface area contributed by atoms with Gasteiger partial charge in [-0.3, -0.25) is 0 Å². The second-order valence-electron chi connectivity index (χ2n) is 18.2. The van der Waals surface area contributed by atoms with E-state index in [4.69, 9.17) is 0 Å². The van der Waals surface area contributed by atoms with Crippen LogP contribution in [0.15, 0.2) is 218 Å². The Bertz CT molecular complexity index is 2780. The van der Waals surface area contributed by atoms with Gasteiger partial charge in [-0.1, -0.05) is 212 Å². The summed E-state index contributed by atoms with van der Waals surface area (Å²) in [6.07, 6.45) is 37.4. The first-order valence-corrected chi connectivity index (χ1v) is 25.7. The Morgan fingerprint density at radius 1 is 0.587 bits per heavy atom. The minimum Gasteiger partial charge on any atom is -0.378 e. The number of nitrogens with zero attached hydrogens (tertiary/aromatic N) is 1. The molecule has 11 rings (SSSR count). The van der Waals surface area contributed by atoms with E-state index in [1.54, 1.807) is 5.19 Å². The van der Waals surface area contributed by atoms with Crippen LogP contribution in [0.4, 0.5) is 0 Å². The minimum absolute atomic E-state index is 0.250. The maximum absolute atomic E-state index is 4.05. The first-order chi connectivity index (χ1) is 31.2. The highest BCUT2D eigenvalue weighted by atomic mass is 28.3. The molecule has 0 saturated carbocycles. The van der Waals surface area contributed by atoms with E-state index in [-0.39, 0.29) is 6.04 Å². The van der Waals surface area contributed by atoms with E-state index in [1.807, 2.05) is 0 Å². The molecule has 0 spiro atoms. The summed E-state index contributed by atoms with van der Waals surface area (Å²) in [5, 5.41) is 7.09. The molecule has 4 aliphatic carbocycles. The summed E-state index contributed by atoms with van der Waals surface area (Å²) in [4.78, 5) is 2.77. The van der Waals surface area contributed by atoms with Gasteiger partial charge in [0, 0.05) is 34.7 Å². The molecule has 3 heteroatoms. The minimum atomic E-state index is -1.51. The summed E-state index contributed by atoms with van der Waals surface area (Å²) in [5.41, 5.74) is 14.7. The number of hydrogen-bond acceptors (Lipinski definition) is 2. The Balaban J connectivity index is 0.920. The summed E-state index contributed by atoms with van der Waals surface area (Å²) < 4.78 is 0. The molecule has 0 aromatic heterocycles. The van der Waals surface area contributed by atoms with Crippen molar-refractivity contribution in [2.24, 2.45) is 17.8 Å². The van der Waals surface area contributed by atoms with Crippen molar-refractivity contribution < 1.29 is 0 Å². The van der Waals surface area contributed by atoms with E-state index >= 15 is 0 Å². The topological polar surface area (TPSA) is 15.3 Å². The number of rotatable bonds is 9. The largest absolute Gasteiger partial charge is 0.378 e. The maximum Gasteiger partial charge on any atom is 0.101 e. The number of likely N-dealkylation sites (tertiary alicyclic amines) is 1. The van der Waals surface area contributed by atoms with Crippen LogP contribution in [0.1, 0.15) is 54.4 Å². The molecule has 310 valence electrons. The molecule has 1 N–H and O–H groups in total. The highest BCUT2D eigenvalue weighted by Gasteiger charge is 2.47. The average Bonchev–Trinajstić information content (AvgIpc) is 3.70. The fourth-order valence-electron chi connectivity index (χ4n) is 11.4. The quantitative estimate of drug-likeness (QED) is 0.118. The Labute approximate surface area is 376 Å². The molecule has 6 aliphatic rings. The fourth-order valence-corrected chi connectivity index (χ4v) is 14.0. The van der Waals surface area contributed by atoms with E-state index in [0.29, 0.717) is 29.8 Å². The van der Waals surface area contributed by atoms with Crippen LogP contribution >= 0.6 is 0 Å². The Hall–Kier alpha value is -6.42. The van der Waals surface area contributed by atoms with Gasteiger partial charge in [-0.05, 0) is 94.0 Å². The zero-order valence-corrected chi connectivity index (χ0v) is 37.4. The molecular weight excluding hydrogens is 777 g/mol. The van der Waals surface area contributed by atoms with Gasteiger partial charge in [-0.25, -0.2) is 0 Å². The van der Waals surface area contributed by atoms with Crippen LogP contribution in [0.5, 0.6) is 0 Å². The molecule has 6 unspecified atom stereocenters. The van der Waals surface area contributed by atoms with Gasteiger partial charge in [0.25, 0.3) is 0 Å². The first-order valence-electron chi connectivity index (χ1n) is 23.4. The summed E-state index contributed by atoms with van der Waals surface area (Å²) in [6, 6.07) is 50.2. The van der Waals surface area contributed by atoms with E-state index < -0.39 is 8.80 Å². The predicted molar refractivity (Wildman–Crippen MR) is 270 cm³/mol. The molecule has 2 aliphatic heterocycles. The van der Waals surface area contributed by atoms with Gasteiger partial charge in [0.15, 0.2) is 0 Å². The third kappa shape index (κ3) is 7.63. The lowest BCUT2D eigenvalue weighted by molar-refractivity contribution is 0.292. The van der Waals surface area contributed by atoms with Crippen molar-refractivity contribution in [1.29, 1.82) is 0 Å². The number of fused-ring (bicyclic) bond motifs is 3. The molecule has 1 fully saturated rings. The monoisotopic (exact) mass is 832 g/mol. The highest BCUT2D eigenvalue weighted by Crippen LogP contribution is 2.48. The lowest BCUT2D eigenvalue weighted by Gasteiger charge is -2.36. The van der Waals surface area contributed by atoms with Crippen molar-refractivity contribution in [2.75, 3.05) is 0 Å². The van der Waals surface area contributed by atoms with Gasteiger partial charge in [-0.2, -0.15) is 0 Å². The Morgan fingerprint density at radius 2 is 1.29 bits per heavy atom. The van der Waals surface area contributed by atoms with E-state index in [9.17, 15) is 0 Å². The zero-order valence-electron chi connectivity index (χ0n) is 36.2. The van der Waals surface area contributed by atoms with Crippen molar-refractivity contribution in [3.05, 3.63) is 240 Å². The van der Waals surface area contributed by atoms with Crippen LogP contribution in [0, 0.1) is 17.8 Å². The smallest absolute Gasteiger partial charge is 0.101 e. The van der Waals surface area contributed by atoms with E-state index in [1.165, 1.54) is 85.9 Å². The molecule has 5 aromatic carbocycles. The molecule has 1 saturated heterocycles. The molecule has 63 heavy (non-hydrogen) atoms. The number of allylic oxidation sites excluding steroid dienone is 11. The lowest BCUT2D eigenvalue weighted by Crippen LogP contribution is -2.42. The van der Waals surface area contributed by atoms with Gasteiger partial charge in [-0.15, -0.1) is 0 Å². The second kappa shape index (κ2) is 17.4. The highest BCUT2D eigenvalue weighted by molar-refractivity contribution is 6.85. The third-order valence-corrected chi connectivity index (χ3v) is 17.4. The standard InChI is InChI=1S/C60H56N2Si/c1-63(49-25-12-5-13-26-49)60-51(43-21-8-3-9-22-43)30-18-31-52(60)44-33-36-48(37-34-44)62-58-32-17-16-29-54(58)55-39-46(35-38-59(55)62)50-27-14-15-28-53(50)57-41-47(42-19-6-2-7-20-42)40-56(61-57)45-23-10-4-11-24-45/h2-3,5-10,12-23,25-33,35-36,38-41,45,54-56,58-59,61,63H,4,11,24,34,37H2,1H3/t45?,54?,55?,56?,58?,59?,63-/m1/s1. The summed E-state index contributed by atoms with van der Waals surface area (Å²) in [6.45, 7) is 2.52. The summed E-state index contributed by atoms with van der Waals surface area (Å²) in [7, 11) is -1.51. The molecule has 2 heterocycles. The van der Waals surface area contributed by atoms with Gasteiger partial charge in [0.2, 0.25) is 0 Å². The second-order valence-corrected chi connectivity index (χ2v) is 20.9. The van der Waals surface area contributed by atoms with Gasteiger partial charge in [0.05, 0.1) is 18.1 Å².